The van der Waals surface area contributed by atoms with Crippen molar-refractivity contribution in [2.24, 2.45) is 11.8 Å². The standard InChI is InChI=1S/C11H14N2.C11H22O/c1-4-13(3)11-6-5-10(8-12)7-9(11)2;1-2-3-5-10-6-4-7-11(8-10)9-12/h5-7H,4H2,1-3H3;10-12H,2-9H2,1H3/t;10-,11+/m.0/s1. The normalized spacial score (nSPS) is 19.5. The molecule has 0 amide bonds. The molecule has 0 radical (unpaired) electrons. The molecule has 1 aliphatic rings. The van der Waals surface area contributed by atoms with Gasteiger partial charge in [0.2, 0.25) is 0 Å². The third-order valence-corrected chi connectivity index (χ3v) is 5.33. The van der Waals surface area contributed by atoms with Crippen molar-refractivity contribution in [2.75, 3.05) is 25.1 Å². The Hall–Kier alpha value is -1.53. The highest BCUT2D eigenvalue weighted by molar-refractivity contribution is 5.55. The molecule has 3 nitrogen and oxygen atoms in total. The summed E-state index contributed by atoms with van der Waals surface area (Å²) in [5.74, 6) is 1.55. The summed E-state index contributed by atoms with van der Waals surface area (Å²) in [6.07, 6.45) is 9.40. The average Bonchev–Trinajstić information content (AvgIpc) is 2.66. The number of benzene rings is 1. The number of anilines is 1. The van der Waals surface area contributed by atoms with Gasteiger partial charge in [-0.05, 0) is 62.3 Å². The Morgan fingerprint density at radius 1 is 1.24 bits per heavy atom. The lowest BCUT2D eigenvalue weighted by atomic mass is 9.79. The summed E-state index contributed by atoms with van der Waals surface area (Å²) in [6, 6.07) is 7.90. The van der Waals surface area contributed by atoms with Crippen LogP contribution in [0, 0.1) is 30.1 Å². The highest BCUT2D eigenvalue weighted by Crippen LogP contribution is 2.31. The van der Waals surface area contributed by atoms with E-state index < -0.39 is 0 Å². The van der Waals surface area contributed by atoms with E-state index in [0.717, 1.165) is 23.6 Å². The molecule has 2 rings (SSSR count). The van der Waals surface area contributed by atoms with Crippen LogP contribution in [-0.4, -0.2) is 25.3 Å². The molecule has 1 saturated carbocycles. The SMILES string of the molecule is CCCC[C@H]1CCC[C@@H](CO)C1.CCN(C)c1ccc(C#N)cc1C. The Labute approximate surface area is 154 Å². The maximum Gasteiger partial charge on any atom is 0.0991 e. The minimum Gasteiger partial charge on any atom is -0.396 e. The van der Waals surface area contributed by atoms with Gasteiger partial charge in [0.1, 0.15) is 0 Å². The van der Waals surface area contributed by atoms with Gasteiger partial charge in [0, 0.05) is 25.9 Å². The fourth-order valence-corrected chi connectivity index (χ4v) is 3.65. The molecule has 0 aliphatic heterocycles. The number of aryl methyl sites for hydroxylation is 1. The molecule has 0 spiro atoms. The van der Waals surface area contributed by atoms with Crippen LogP contribution < -0.4 is 4.90 Å². The van der Waals surface area contributed by atoms with Crippen LogP contribution in [0.1, 0.15) is 69.9 Å². The zero-order valence-corrected chi connectivity index (χ0v) is 16.6. The number of aliphatic hydroxyl groups is 1. The van der Waals surface area contributed by atoms with Crippen LogP contribution in [0.4, 0.5) is 5.69 Å². The van der Waals surface area contributed by atoms with Crippen LogP contribution >= 0.6 is 0 Å². The van der Waals surface area contributed by atoms with Crippen molar-refractivity contribution in [3.63, 3.8) is 0 Å². The number of hydrogen-bond acceptors (Lipinski definition) is 3. The van der Waals surface area contributed by atoms with Crippen LogP contribution in [0.5, 0.6) is 0 Å². The first-order chi connectivity index (χ1) is 12.0. The monoisotopic (exact) mass is 344 g/mol. The smallest absolute Gasteiger partial charge is 0.0991 e. The lowest BCUT2D eigenvalue weighted by Gasteiger charge is -2.27. The molecule has 1 aliphatic carbocycles. The molecule has 0 unspecified atom stereocenters. The Kier molecular flexibility index (Phi) is 10.3. The van der Waals surface area contributed by atoms with E-state index in [1.807, 2.05) is 32.2 Å². The molecular formula is C22H36N2O. The second kappa shape index (κ2) is 11.9. The summed E-state index contributed by atoms with van der Waals surface area (Å²) in [4.78, 5) is 2.16. The molecule has 1 fully saturated rings. The highest BCUT2D eigenvalue weighted by atomic mass is 16.3. The molecule has 0 bridgehead atoms. The van der Waals surface area contributed by atoms with Crippen molar-refractivity contribution in [2.45, 2.75) is 65.7 Å². The lowest BCUT2D eigenvalue weighted by Crippen LogP contribution is -2.18. The van der Waals surface area contributed by atoms with Crippen LogP contribution in [0.25, 0.3) is 0 Å². The van der Waals surface area contributed by atoms with Gasteiger partial charge in [-0.1, -0.05) is 39.0 Å². The summed E-state index contributed by atoms with van der Waals surface area (Å²) < 4.78 is 0. The first-order valence-electron chi connectivity index (χ1n) is 9.88. The number of hydrogen-bond donors (Lipinski definition) is 1. The van der Waals surface area contributed by atoms with E-state index in [1.54, 1.807) is 0 Å². The van der Waals surface area contributed by atoms with Gasteiger partial charge in [0.25, 0.3) is 0 Å². The summed E-state index contributed by atoms with van der Waals surface area (Å²) >= 11 is 0. The largest absolute Gasteiger partial charge is 0.396 e. The molecule has 1 aromatic carbocycles. The van der Waals surface area contributed by atoms with Crippen molar-refractivity contribution in [3.05, 3.63) is 29.3 Å². The van der Waals surface area contributed by atoms with Crippen LogP contribution in [0.3, 0.4) is 0 Å². The number of nitrogens with zero attached hydrogens (tertiary/aromatic N) is 2. The minimum atomic E-state index is 0.419. The average molecular weight is 345 g/mol. The minimum absolute atomic E-state index is 0.419. The van der Waals surface area contributed by atoms with E-state index in [-0.39, 0.29) is 0 Å². The van der Waals surface area contributed by atoms with Crippen molar-refractivity contribution in [1.29, 1.82) is 5.26 Å². The molecule has 3 heteroatoms. The molecule has 1 aromatic rings. The lowest BCUT2D eigenvalue weighted by molar-refractivity contribution is 0.156. The van der Waals surface area contributed by atoms with E-state index in [1.165, 1.54) is 50.6 Å². The van der Waals surface area contributed by atoms with Gasteiger partial charge in [-0.25, -0.2) is 0 Å². The maximum atomic E-state index is 9.03. The summed E-state index contributed by atoms with van der Waals surface area (Å²) in [7, 11) is 2.05. The molecule has 0 aromatic heterocycles. The van der Waals surface area contributed by atoms with Crippen LogP contribution in [0.2, 0.25) is 0 Å². The predicted molar refractivity (Wildman–Crippen MR) is 107 cm³/mol. The van der Waals surface area contributed by atoms with Crippen LogP contribution in [-0.2, 0) is 0 Å². The van der Waals surface area contributed by atoms with E-state index in [4.69, 9.17) is 10.4 Å². The van der Waals surface area contributed by atoms with E-state index in [9.17, 15) is 0 Å². The zero-order valence-electron chi connectivity index (χ0n) is 16.6. The van der Waals surface area contributed by atoms with Gasteiger partial charge in [0.15, 0.2) is 0 Å². The Balaban J connectivity index is 0.000000251. The van der Waals surface area contributed by atoms with Crippen molar-refractivity contribution < 1.29 is 5.11 Å². The van der Waals surface area contributed by atoms with E-state index >= 15 is 0 Å². The fraction of sp³-hybridized carbons (Fsp3) is 0.682. The third-order valence-electron chi connectivity index (χ3n) is 5.33. The quantitative estimate of drug-likeness (QED) is 0.762. The van der Waals surface area contributed by atoms with Crippen molar-refractivity contribution in [1.82, 2.24) is 0 Å². The second-order valence-corrected chi connectivity index (χ2v) is 7.35. The van der Waals surface area contributed by atoms with Gasteiger partial charge in [0.05, 0.1) is 11.6 Å². The predicted octanol–water partition coefficient (Wildman–Crippen LogP) is 5.30. The molecule has 2 atom stereocenters. The Morgan fingerprint density at radius 2 is 1.96 bits per heavy atom. The number of unbranched alkanes of at least 4 members (excludes halogenated alkanes) is 1. The fourth-order valence-electron chi connectivity index (χ4n) is 3.65. The maximum absolute atomic E-state index is 9.03. The first kappa shape index (κ1) is 21.5. The molecule has 0 heterocycles. The van der Waals surface area contributed by atoms with Gasteiger partial charge in [-0.2, -0.15) is 5.26 Å². The van der Waals surface area contributed by atoms with Gasteiger partial charge in [-0.3, -0.25) is 0 Å². The molecule has 1 N–H and O–H groups in total. The molecule has 0 saturated heterocycles. The second-order valence-electron chi connectivity index (χ2n) is 7.35. The van der Waals surface area contributed by atoms with Crippen molar-refractivity contribution >= 4 is 5.69 Å². The topological polar surface area (TPSA) is 47.3 Å². The van der Waals surface area contributed by atoms with Gasteiger partial charge >= 0.3 is 0 Å². The number of nitriles is 1. The van der Waals surface area contributed by atoms with Gasteiger partial charge in [-0.15, -0.1) is 0 Å². The molecular weight excluding hydrogens is 308 g/mol. The summed E-state index contributed by atoms with van der Waals surface area (Å²) in [6.45, 7) is 7.79. The Bertz CT molecular complexity index is 535. The van der Waals surface area contributed by atoms with E-state index in [2.05, 4.69) is 24.8 Å². The van der Waals surface area contributed by atoms with Crippen LogP contribution in [0.15, 0.2) is 18.2 Å². The van der Waals surface area contributed by atoms with Crippen molar-refractivity contribution in [3.8, 4) is 6.07 Å². The van der Waals surface area contributed by atoms with Gasteiger partial charge < -0.3 is 10.0 Å². The number of aliphatic hydroxyl groups excluding tert-OH is 1. The first-order valence-corrected chi connectivity index (χ1v) is 9.88. The Morgan fingerprint density at radius 3 is 2.52 bits per heavy atom. The number of rotatable bonds is 6. The summed E-state index contributed by atoms with van der Waals surface area (Å²) in [5.41, 5.74) is 3.08. The van der Waals surface area contributed by atoms with E-state index in [0.29, 0.717) is 12.5 Å². The highest BCUT2D eigenvalue weighted by Gasteiger charge is 2.20. The third kappa shape index (κ3) is 7.48. The zero-order chi connectivity index (χ0) is 18.7. The molecule has 140 valence electrons. The summed E-state index contributed by atoms with van der Waals surface area (Å²) in [5, 5.41) is 17.7. The molecule has 25 heavy (non-hydrogen) atoms.